The maximum absolute atomic E-state index is 13.7. The fourth-order valence-electron chi connectivity index (χ4n) is 3.74. The average molecular weight is 404 g/mol. The van der Waals surface area contributed by atoms with Gasteiger partial charge in [0.1, 0.15) is 11.3 Å². The van der Waals surface area contributed by atoms with Crippen LogP contribution in [0.25, 0.3) is 21.8 Å². The van der Waals surface area contributed by atoms with E-state index in [1.54, 1.807) is 12.3 Å². The molecule has 0 aliphatic rings. The molecule has 0 unspecified atom stereocenters. The number of fused-ring (bicyclic) bond motifs is 3. The van der Waals surface area contributed by atoms with Crippen molar-refractivity contribution in [3.05, 3.63) is 77.2 Å². The highest BCUT2D eigenvalue weighted by Gasteiger charge is 2.12. The van der Waals surface area contributed by atoms with Gasteiger partial charge in [0.2, 0.25) is 0 Å². The van der Waals surface area contributed by atoms with Crippen molar-refractivity contribution >= 4 is 27.6 Å². The molecule has 0 saturated carbocycles. The van der Waals surface area contributed by atoms with Crippen LogP contribution in [0.3, 0.4) is 0 Å². The smallest absolute Gasteiger partial charge is 0.150 e. The SMILES string of the molecule is Nc1nc2cc(F)ccc2c2c(CCc3ccc(CNCCCO)cc3)ccnc12. The third kappa shape index (κ3) is 4.40. The number of aliphatic hydroxyl groups excluding tert-OH is 1. The quantitative estimate of drug-likeness (QED) is 0.308. The second-order valence-corrected chi connectivity index (χ2v) is 7.42. The highest BCUT2D eigenvalue weighted by Crippen LogP contribution is 2.30. The third-order valence-electron chi connectivity index (χ3n) is 5.30. The zero-order chi connectivity index (χ0) is 20.9. The number of anilines is 1. The van der Waals surface area contributed by atoms with Crippen LogP contribution in [0, 0.1) is 5.82 Å². The van der Waals surface area contributed by atoms with E-state index in [2.05, 4.69) is 39.6 Å². The maximum atomic E-state index is 13.7. The van der Waals surface area contributed by atoms with Crippen molar-refractivity contribution < 1.29 is 9.50 Å². The van der Waals surface area contributed by atoms with Crippen LogP contribution >= 0.6 is 0 Å². The predicted octanol–water partition coefficient (Wildman–Crippen LogP) is 3.76. The molecule has 0 fully saturated rings. The third-order valence-corrected chi connectivity index (χ3v) is 5.30. The Morgan fingerprint density at radius 2 is 1.80 bits per heavy atom. The molecule has 2 heterocycles. The first-order chi connectivity index (χ1) is 14.7. The van der Waals surface area contributed by atoms with Crippen LogP contribution in [0.2, 0.25) is 0 Å². The molecule has 0 aliphatic carbocycles. The largest absolute Gasteiger partial charge is 0.396 e. The van der Waals surface area contributed by atoms with Crippen molar-refractivity contribution in [2.45, 2.75) is 25.8 Å². The molecule has 30 heavy (non-hydrogen) atoms. The van der Waals surface area contributed by atoms with Crippen molar-refractivity contribution in [3.8, 4) is 0 Å². The van der Waals surface area contributed by atoms with Gasteiger partial charge in [-0.15, -0.1) is 0 Å². The Kier molecular flexibility index (Phi) is 6.16. The number of benzene rings is 2. The van der Waals surface area contributed by atoms with Crippen molar-refractivity contribution in [1.82, 2.24) is 15.3 Å². The van der Waals surface area contributed by atoms with Gasteiger partial charge in [-0.2, -0.15) is 0 Å². The van der Waals surface area contributed by atoms with Gasteiger partial charge < -0.3 is 16.2 Å². The minimum Gasteiger partial charge on any atom is -0.396 e. The molecule has 5 nitrogen and oxygen atoms in total. The number of nitrogens with one attached hydrogen (secondary N) is 1. The molecular weight excluding hydrogens is 379 g/mol. The Balaban J connectivity index is 1.55. The number of aryl methyl sites for hydroxylation is 2. The van der Waals surface area contributed by atoms with Gasteiger partial charge in [-0.25, -0.2) is 9.37 Å². The normalized spacial score (nSPS) is 11.4. The standard InChI is InChI=1S/C24H25FN4O/c25-19-8-9-20-21(14-19)29-24(26)23-22(20)18(10-12-28-23)7-6-16-2-4-17(5-3-16)15-27-11-1-13-30/h2-5,8-10,12,14,27,30H,1,6-7,11,13,15H2,(H2,26,29). The van der Waals surface area contributed by atoms with Crippen molar-refractivity contribution in [1.29, 1.82) is 0 Å². The topological polar surface area (TPSA) is 84.1 Å². The first-order valence-electron chi connectivity index (χ1n) is 10.2. The Labute approximate surface area is 174 Å². The summed E-state index contributed by atoms with van der Waals surface area (Å²) in [7, 11) is 0. The number of hydrogen-bond donors (Lipinski definition) is 3. The van der Waals surface area contributed by atoms with Crippen LogP contribution in [0.5, 0.6) is 0 Å². The molecule has 0 amide bonds. The maximum Gasteiger partial charge on any atom is 0.150 e. The van der Waals surface area contributed by atoms with E-state index < -0.39 is 0 Å². The molecule has 2 aromatic carbocycles. The lowest BCUT2D eigenvalue weighted by Gasteiger charge is -2.11. The summed E-state index contributed by atoms with van der Waals surface area (Å²) >= 11 is 0. The van der Waals surface area contributed by atoms with E-state index in [-0.39, 0.29) is 12.4 Å². The number of pyridine rings is 2. The Hall–Kier alpha value is -3.09. The fraction of sp³-hybridized carbons (Fsp3) is 0.250. The first-order valence-corrected chi connectivity index (χ1v) is 10.2. The highest BCUT2D eigenvalue weighted by atomic mass is 19.1. The average Bonchev–Trinajstić information content (AvgIpc) is 2.76. The monoisotopic (exact) mass is 404 g/mol. The Morgan fingerprint density at radius 1 is 1.00 bits per heavy atom. The minimum absolute atomic E-state index is 0.210. The van der Waals surface area contributed by atoms with E-state index in [0.29, 0.717) is 16.9 Å². The summed E-state index contributed by atoms with van der Waals surface area (Å²) in [6.07, 6.45) is 4.22. The van der Waals surface area contributed by atoms with E-state index in [1.807, 2.05) is 6.07 Å². The molecule has 154 valence electrons. The Bertz CT molecular complexity index is 1160. The molecular formula is C24H25FN4O. The second-order valence-electron chi connectivity index (χ2n) is 7.42. The number of nitrogen functional groups attached to an aromatic ring is 1. The number of nitrogens with zero attached hydrogens (tertiary/aromatic N) is 2. The van der Waals surface area contributed by atoms with Gasteiger partial charge in [-0.1, -0.05) is 24.3 Å². The van der Waals surface area contributed by atoms with Gasteiger partial charge in [0, 0.05) is 36.2 Å². The minimum atomic E-state index is -0.329. The highest BCUT2D eigenvalue weighted by molar-refractivity contribution is 6.09. The zero-order valence-corrected chi connectivity index (χ0v) is 16.7. The van der Waals surface area contributed by atoms with Gasteiger partial charge >= 0.3 is 0 Å². The van der Waals surface area contributed by atoms with E-state index >= 15 is 0 Å². The number of aliphatic hydroxyl groups is 1. The van der Waals surface area contributed by atoms with Crippen LogP contribution in [-0.2, 0) is 19.4 Å². The molecule has 4 rings (SSSR count). The van der Waals surface area contributed by atoms with Crippen molar-refractivity contribution in [2.75, 3.05) is 18.9 Å². The van der Waals surface area contributed by atoms with Crippen molar-refractivity contribution in [3.63, 3.8) is 0 Å². The zero-order valence-electron chi connectivity index (χ0n) is 16.7. The number of nitrogens with two attached hydrogens (primary N) is 1. The summed E-state index contributed by atoms with van der Waals surface area (Å²) < 4.78 is 13.7. The molecule has 0 atom stereocenters. The molecule has 0 spiro atoms. The van der Waals surface area contributed by atoms with Gasteiger partial charge in [0.05, 0.1) is 5.52 Å². The lowest BCUT2D eigenvalue weighted by Crippen LogP contribution is -2.15. The number of halogens is 1. The molecule has 0 aliphatic heterocycles. The number of rotatable bonds is 8. The summed E-state index contributed by atoms with van der Waals surface area (Å²) in [5.74, 6) is -0.00636. The van der Waals surface area contributed by atoms with Gasteiger partial charge in [-0.3, -0.25) is 4.98 Å². The van der Waals surface area contributed by atoms with E-state index in [0.717, 1.165) is 48.7 Å². The van der Waals surface area contributed by atoms with Crippen LogP contribution in [0.4, 0.5) is 10.2 Å². The van der Waals surface area contributed by atoms with Gasteiger partial charge in [-0.05, 0) is 60.7 Å². The van der Waals surface area contributed by atoms with Gasteiger partial charge in [0.25, 0.3) is 0 Å². The lowest BCUT2D eigenvalue weighted by molar-refractivity contribution is 0.286. The molecule has 4 aromatic rings. The van der Waals surface area contributed by atoms with E-state index in [1.165, 1.54) is 23.3 Å². The molecule has 0 saturated heterocycles. The predicted molar refractivity (Wildman–Crippen MR) is 119 cm³/mol. The molecule has 4 N–H and O–H groups in total. The summed E-state index contributed by atoms with van der Waals surface area (Å²) in [5, 5.41) is 14.0. The van der Waals surface area contributed by atoms with Crippen molar-refractivity contribution in [2.24, 2.45) is 0 Å². The summed E-state index contributed by atoms with van der Waals surface area (Å²) in [6, 6.07) is 15.2. The number of hydrogen-bond acceptors (Lipinski definition) is 5. The first kappa shape index (κ1) is 20.2. The van der Waals surface area contributed by atoms with Crippen LogP contribution < -0.4 is 11.1 Å². The van der Waals surface area contributed by atoms with Gasteiger partial charge in [0.15, 0.2) is 5.82 Å². The summed E-state index contributed by atoms with van der Waals surface area (Å²) in [5.41, 5.74) is 10.9. The Morgan fingerprint density at radius 3 is 2.60 bits per heavy atom. The van der Waals surface area contributed by atoms with Crippen LogP contribution in [0.15, 0.2) is 54.7 Å². The fourth-order valence-corrected chi connectivity index (χ4v) is 3.74. The van der Waals surface area contributed by atoms with E-state index in [4.69, 9.17) is 10.8 Å². The lowest BCUT2D eigenvalue weighted by atomic mass is 9.98. The molecule has 6 heteroatoms. The number of aromatic nitrogens is 2. The molecule has 0 bridgehead atoms. The molecule has 2 aromatic heterocycles. The summed E-state index contributed by atoms with van der Waals surface area (Å²) in [4.78, 5) is 8.74. The molecule has 0 radical (unpaired) electrons. The second kappa shape index (κ2) is 9.15. The van der Waals surface area contributed by atoms with Crippen LogP contribution in [-0.4, -0.2) is 28.2 Å². The van der Waals surface area contributed by atoms with Crippen LogP contribution in [0.1, 0.15) is 23.1 Å². The summed E-state index contributed by atoms with van der Waals surface area (Å²) in [6.45, 7) is 1.81. The van der Waals surface area contributed by atoms with E-state index in [9.17, 15) is 4.39 Å².